The van der Waals surface area contributed by atoms with Crippen LogP contribution in [-0.4, -0.2) is 16.7 Å². The molecular weight excluding hydrogens is 360 g/mol. The summed E-state index contributed by atoms with van der Waals surface area (Å²) in [4.78, 5) is 28.1. The van der Waals surface area contributed by atoms with Crippen molar-refractivity contribution in [1.82, 2.24) is 4.90 Å². The van der Waals surface area contributed by atoms with Gasteiger partial charge in [0.15, 0.2) is 0 Å². The zero-order chi connectivity index (χ0) is 19.0. The first-order valence-corrected chi connectivity index (χ1v) is 9.43. The molecule has 0 unspecified atom stereocenters. The second kappa shape index (κ2) is 6.89. The van der Waals surface area contributed by atoms with E-state index in [4.69, 9.17) is 4.42 Å². The number of benzene rings is 1. The average Bonchev–Trinajstić information content (AvgIpc) is 3.38. The number of nitrogens with one attached hydrogen (secondary N) is 1. The van der Waals surface area contributed by atoms with Crippen LogP contribution in [0.3, 0.4) is 0 Å². The van der Waals surface area contributed by atoms with Crippen molar-refractivity contribution in [2.24, 2.45) is 0 Å². The number of nitrogens with zero attached hydrogens (tertiary/aromatic N) is 1. The fraction of sp³-hybridized carbons (Fsp3) is 0.143. The molecule has 0 atom stereocenters. The lowest BCUT2D eigenvalue weighted by atomic mass is 10.1. The zero-order valence-corrected chi connectivity index (χ0v) is 15.8. The van der Waals surface area contributed by atoms with Gasteiger partial charge in [-0.15, -0.1) is 11.3 Å². The quantitative estimate of drug-likeness (QED) is 0.671. The van der Waals surface area contributed by atoms with Gasteiger partial charge < -0.3 is 9.73 Å². The molecule has 0 fully saturated rings. The third-order valence-corrected chi connectivity index (χ3v) is 5.49. The molecule has 0 spiro atoms. The highest BCUT2D eigenvalue weighted by Gasteiger charge is 2.40. The Bertz CT molecular complexity index is 1030. The van der Waals surface area contributed by atoms with Crippen molar-refractivity contribution in [2.45, 2.75) is 20.4 Å². The molecule has 6 heteroatoms. The molecule has 0 bridgehead atoms. The van der Waals surface area contributed by atoms with Gasteiger partial charge >= 0.3 is 0 Å². The minimum absolute atomic E-state index is 0.109. The fourth-order valence-electron chi connectivity index (χ4n) is 3.01. The zero-order valence-electron chi connectivity index (χ0n) is 15.0. The number of thiophene rings is 1. The standard InChI is InChI=1S/C21H18N2O3S/c1-13-7-8-15(11-14(13)2)22-19-18(17-6-4-10-27-17)20(24)23(21(19)25)12-16-5-3-9-26-16/h3-11,22H,12H2,1-2H3. The Morgan fingerprint density at radius 2 is 1.89 bits per heavy atom. The van der Waals surface area contributed by atoms with Crippen LogP contribution in [0.4, 0.5) is 5.69 Å². The van der Waals surface area contributed by atoms with Gasteiger partial charge in [-0.25, -0.2) is 0 Å². The monoisotopic (exact) mass is 378 g/mol. The molecule has 0 saturated carbocycles. The molecule has 27 heavy (non-hydrogen) atoms. The first-order chi connectivity index (χ1) is 13.0. The van der Waals surface area contributed by atoms with Gasteiger partial charge in [-0.3, -0.25) is 14.5 Å². The SMILES string of the molecule is Cc1ccc(NC2=C(c3cccs3)C(=O)N(Cc3ccco3)C2=O)cc1C. The Balaban J connectivity index is 1.72. The predicted molar refractivity (Wildman–Crippen MR) is 105 cm³/mol. The number of aryl methyl sites for hydroxylation is 2. The van der Waals surface area contributed by atoms with E-state index >= 15 is 0 Å². The van der Waals surface area contributed by atoms with Crippen molar-refractivity contribution in [2.75, 3.05) is 5.32 Å². The van der Waals surface area contributed by atoms with Crippen LogP contribution in [-0.2, 0) is 16.1 Å². The summed E-state index contributed by atoms with van der Waals surface area (Å²) in [6, 6.07) is 13.1. The van der Waals surface area contributed by atoms with Crippen molar-refractivity contribution in [3.05, 3.63) is 81.6 Å². The number of anilines is 1. The van der Waals surface area contributed by atoms with Crippen LogP contribution in [0.2, 0.25) is 0 Å². The molecule has 2 aromatic heterocycles. The summed E-state index contributed by atoms with van der Waals surface area (Å²) in [6.45, 7) is 4.16. The molecule has 1 aliphatic rings. The van der Waals surface area contributed by atoms with Crippen LogP contribution in [0, 0.1) is 13.8 Å². The molecule has 2 amide bonds. The predicted octanol–water partition coefficient (Wildman–Crippen LogP) is 4.35. The molecular formula is C21H18N2O3S. The number of imide groups is 1. The molecule has 3 heterocycles. The summed E-state index contributed by atoms with van der Waals surface area (Å²) in [6.07, 6.45) is 1.53. The highest BCUT2D eigenvalue weighted by atomic mass is 32.1. The molecule has 5 nitrogen and oxygen atoms in total. The topological polar surface area (TPSA) is 62.6 Å². The molecule has 0 radical (unpaired) electrons. The van der Waals surface area contributed by atoms with E-state index in [2.05, 4.69) is 5.32 Å². The molecule has 0 aliphatic carbocycles. The van der Waals surface area contributed by atoms with E-state index in [1.807, 2.05) is 49.6 Å². The van der Waals surface area contributed by atoms with Crippen LogP contribution in [0.25, 0.3) is 5.57 Å². The third-order valence-electron chi connectivity index (χ3n) is 4.61. The van der Waals surface area contributed by atoms with Gasteiger partial charge in [-0.1, -0.05) is 12.1 Å². The third kappa shape index (κ3) is 3.19. The molecule has 3 aromatic rings. The maximum absolute atomic E-state index is 13.1. The summed E-state index contributed by atoms with van der Waals surface area (Å²) in [5.74, 6) is -0.0992. The van der Waals surface area contributed by atoms with Crippen LogP contribution >= 0.6 is 11.3 Å². The Morgan fingerprint density at radius 3 is 2.56 bits per heavy atom. The Morgan fingerprint density at radius 1 is 1.04 bits per heavy atom. The van der Waals surface area contributed by atoms with E-state index in [9.17, 15) is 9.59 Å². The van der Waals surface area contributed by atoms with Gasteiger partial charge in [-0.05, 0) is 60.7 Å². The summed E-state index contributed by atoms with van der Waals surface area (Å²) >= 11 is 1.43. The summed E-state index contributed by atoms with van der Waals surface area (Å²) in [7, 11) is 0. The van der Waals surface area contributed by atoms with Crippen LogP contribution in [0.5, 0.6) is 0 Å². The molecule has 1 N–H and O–H groups in total. The Labute approximate surface area is 160 Å². The molecule has 1 aliphatic heterocycles. The first kappa shape index (κ1) is 17.3. The van der Waals surface area contributed by atoms with E-state index < -0.39 is 0 Å². The number of amides is 2. The normalized spacial score (nSPS) is 14.4. The van der Waals surface area contributed by atoms with Crippen molar-refractivity contribution >= 4 is 34.4 Å². The number of hydrogen-bond donors (Lipinski definition) is 1. The van der Waals surface area contributed by atoms with Crippen LogP contribution in [0.15, 0.2) is 64.2 Å². The first-order valence-electron chi connectivity index (χ1n) is 8.55. The lowest BCUT2D eigenvalue weighted by Crippen LogP contribution is -2.31. The maximum atomic E-state index is 13.1. The van der Waals surface area contributed by atoms with Gasteiger partial charge in [0.1, 0.15) is 11.5 Å². The van der Waals surface area contributed by atoms with E-state index in [0.29, 0.717) is 17.0 Å². The Hall–Kier alpha value is -3.12. The van der Waals surface area contributed by atoms with E-state index in [-0.39, 0.29) is 18.4 Å². The number of hydrogen-bond acceptors (Lipinski definition) is 5. The van der Waals surface area contributed by atoms with Gasteiger partial charge in [-0.2, -0.15) is 0 Å². The number of furan rings is 1. The number of carbonyl (C=O) groups is 2. The molecule has 4 rings (SSSR count). The maximum Gasteiger partial charge on any atom is 0.278 e. The second-order valence-corrected chi connectivity index (χ2v) is 7.37. The summed E-state index contributed by atoms with van der Waals surface area (Å²) < 4.78 is 5.32. The van der Waals surface area contributed by atoms with E-state index in [0.717, 1.165) is 16.1 Å². The van der Waals surface area contributed by atoms with Crippen LogP contribution < -0.4 is 5.32 Å². The van der Waals surface area contributed by atoms with Crippen molar-refractivity contribution < 1.29 is 14.0 Å². The highest BCUT2D eigenvalue weighted by Crippen LogP contribution is 2.33. The summed E-state index contributed by atoms with van der Waals surface area (Å²) in [5.41, 5.74) is 3.77. The largest absolute Gasteiger partial charge is 0.467 e. The van der Waals surface area contributed by atoms with Gasteiger partial charge in [0.25, 0.3) is 11.8 Å². The van der Waals surface area contributed by atoms with E-state index in [1.165, 1.54) is 28.1 Å². The smallest absolute Gasteiger partial charge is 0.278 e. The van der Waals surface area contributed by atoms with Gasteiger partial charge in [0.05, 0.1) is 18.4 Å². The minimum Gasteiger partial charge on any atom is -0.467 e. The molecule has 1 aromatic carbocycles. The van der Waals surface area contributed by atoms with Crippen molar-refractivity contribution in [1.29, 1.82) is 0 Å². The summed E-state index contributed by atoms with van der Waals surface area (Å²) in [5, 5.41) is 5.07. The van der Waals surface area contributed by atoms with Crippen LogP contribution in [0.1, 0.15) is 21.8 Å². The van der Waals surface area contributed by atoms with Crippen molar-refractivity contribution in [3.63, 3.8) is 0 Å². The van der Waals surface area contributed by atoms with Crippen molar-refractivity contribution in [3.8, 4) is 0 Å². The molecule has 0 saturated heterocycles. The number of carbonyl (C=O) groups excluding carboxylic acids is 2. The van der Waals surface area contributed by atoms with E-state index in [1.54, 1.807) is 12.1 Å². The van der Waals surface area contributed by atoms with Gasteiger partial charge in [0.2, 0.25) is 0 Å². The average molecular weight is 378 g/mol. The minimum atomic E-state index is -0.349. The lowest BCUT2D eigenvalue weighted by Gasteiger charge is -2.14. The number of rotatable bonds is 5. The highest BCUT2D eigenvalue weighted by molar-refractivity contribution is 7.11. The lowest BCUT2D eigenvalue weighted by molar-refractivity contribution is -0.137. The fourth-order valence-corrected chi connectivity index (χ4v) is 3.77. The second-order valence-electron chi connectivity index (χ2n) is 6.43. The Kier molecular flexibility index (Phi) is 4.41. The van der Waals surface area contributed by atoms with Gasteiger partial charge in [0, 0.05) is 10.6 Å². The molecule has 136 valence electrons.